The third-order valence-electron chi connectivity index (χ3n) is 3.51. The van der Waals surface area contributed by atoms with Gasteiger partial charge >= 0.3 is 0 Å². The second-order valence-corrected chi connectivity index (χ2v) is 5.38. The number of aromatic hydroxyl groups is 1. The van der Waals surface area contributed by atoms with Gasteiger partial charge in [-0.1, -0.05) is 12.1 Å². The number of ether oxygens (including phenoxy) is 1. The lowest BCUT2D eigenvalue weighted by Gasteiger charge is -2.07. The molecule has 2 N–H and O–H groups in total. The highest BCUT2D eigenvalue weighted by Gasteiger charge is 2.08. The van der Waals surface area contributed by atoms with Crippen LogP contribution in [-0.4, -0.2) is 28.4 Å². The van der Waals surface area contributed by atoms with Crippen LogP contribution in [0.5, 0.6) is 11.5 Å². The Morgan fingerprint density at radius 1 is 1.08 bits per heavy atom. The molecule has 0 aliphatic carbocycles. The highest BCUT2D eigenvalue weighted by Crippen LogP contribution is 2.26. The zero-order chi connectivity index (χ0) is 17.6. The summed E-state index contributed by atoms with van der Waals surface area (Å²) in [7, 11) is 1.63. The summed E-state index contributed by atoms with van der Waals surface area (Å²) in [5.41, 5.74) is 5.18. The van der Waals surface area contributed by atoms with Crippen molar-refractivity contribution in [3.8, 4) is 22.9 Å². The molecule has 0 radical (unpaired) electrons. The van der Waals surface area contributed by atoms with Crippen molar-refractivity contribution < 1.29 is 9.84 Å². The van der Waals surface area contributed by atoms with Crippen molar-refractivity contribution in [1.29, 1.82) is 0 Å². The molecule has 0 saturated carbocycles. The molecule has 0 amide bonds. The summed E-state index contributed by atoms with van der Waals surface area (Å²) in [5.74, 6) is 1.93. The lowest BCUT2D eigenvalue weighted by atomic mass is 10.2. The number of hydrazone groups is 1. The van der Waals surface area contributed by atoms with Crippen molar-refractivity contribution in [2.45, 2.75) is 6.92 Å². The van der Waals surface area contributed by atoms with E-state index in [-0.39, 0.29) is 5.75 Å². The third kappa shape index (κ3) is 4.11. The van der Waals surface area contributed by atoms with Crippen molar-refractivity contribution in [2.24, 2.45) is 5.10 Å². The first-order valence-electron chi connectivity index (χ1n) is 7.73. The fourth-order valence-corrected chi connectivity index (χ4v) is 2.27. The van der Waals surface area contributed by atoms with E-state index in [9.17, 15) is 5.11 Å². The first-order valence-corrected chi connectivity index (χ1v) is 7.73. The van der Waals surface area contributed by atoms with E-state index in [1.54, 1.807) is 37.6 Å². The molecule has 3 rings (SSSR count). The summed E-state index contributed by atoms with van der Waals surface area (Å²) in [5, 5.41) is 14.2. The van der Waals surface area contributed by atoms with E-state index in [0.29, 0.717) is 17.2 Å². The molecule has 1 aromatic heterocycles. The fourth-order valence-electron chi connectivity index (χ4n) is 2.27. The van der Waals surface area contributed by atoms with E-state index < -0.39 is 0 Å². The van der Waals surface area contributed by atoms with Crippen LogP contribution in [0, 0.1) is 6.92 Å². The summed E-state index contributed by atoms with van der Waals surface area (Å²) in [4.78, 5) is 8.78. The van der Waals surface area contributed by atoms with E-state index in [4.69, 9.17) is 4.74 Å². The summed E-state index contributed by atoms with van der Waals surface area (Å²) < 4.78 is 5.12. The Balaban J connectivity index is 1.78. The first kappa shape index (κ1) is 16.4. The Hall–Kier alpha value is -3.41. The van der Waals surface area contributed by atoms with E-state index in [2.05, 4.69) is 20.5 Å². The van der Waals surface area contributed by atoms with E-state index in [0.717, 1.165) is 17.0 Å². The average Bonchev–Trinajstić information content (AvgIpc) is 2.62. The SMILES string of the molecule is COc1ccc(/C=N\Nc2cc(C)nc(-c3ccccc3O)n2)cc1. The quantitative estimate of drug-likeness (QED) is 0.550. The van der Waals surface area contributed by atoms with E-state index >= 15 is 0 Å². The van der Waals surface area contributed by atoms with Crippen LogP contribution in [0.3, 0.4) is 0 Å². The molecule has 0 saturated heterocycles. The summed E-state index contributed by atoms with van der Waals surface area (Å²) >= 11 is 0. The third-order valence-corrected chi connectivity index (χ3v) is 3.51. The minimum absolute atomic E-state index is 0.140. The van der Waals surface area contributed by atoms with Crippen LogP contribution in [0.1, 0.15) is 11.3 Å². The number of rotatable bonds is 5. The molecule has 0 aliphatic rings. The molecular formula is C19H18N4O2. The Labute approximate surface area is 145 Å². The largest absolute Gasteiger partial charge is 0.507 e. The molecule has 2 aromatic carbocycles. The molecule has 0 atom stereocenters. The van der Waals surface area contributed by atoms with Crippen LogP contribution >= 0.6 is 0 Å². The first-order chi connectivity index (χ1) is 12.2. The number of phenols is 1. The maximum absolute atomic E-state index is 9.97. The predicted octanol–water partition coefficient (Wildman–Crippen LogP) is 3.61. The molecule has 0 unspecified atom stereocenters. The van der Waals surface area contributed by atoms with Gasteiger partial charge in [-0.25, -0.2) is 9.97 Å². The van der Waals surface area contributed by atoms with Crippen molar-refractivity contribution in [3.05, 3.63) is 65.9 Å². The number of para-hydroxylation sites is 1. The number of methoxy groups -OCH3 is 1. The molecule has 3 aromatic rings. The number of hydrogen-bond donors (Lipinski definition) is 2. The van der Waals surface area contributed by atoms with Gasteiger partial charge in [0.15, 0.2) is 11.6 Å². The Bertz CT molecular complexity index is 892. The highest BCUT2D eigenvalue weighted by molar-refractivity contribution is 5.80. The topological polar surface area (TPSA) is 79.6 Å². The number of aryl methyl sites for hydroxylation is 1. The molecule has 126 valence electrons. The minimum Gasteiger partial charge on any atom is -0.507 e. The molecule has 0 spiro atoms. The lowest BCUT2D eigenvalue weighted by Crippen LogP contribution is -1.99. The van der Waals surface area contributed by atoms with Crippen LogP contribution in [-0.2, 0) is 0 Å². The zero-order valence-electron chi connectivity index (χ0n) is 14.0. The van der Waals surface area contributed by atoms with Gasteiger partial charge in [0.05, 0.1) is 18.9 Å². The molecule has 1 heterocycles. The van der Waals surface area contributed by atoms with Gasteiger partial charge in [0.2, 0.25) is 0 Å². The predicted molar refractivity (Wildman–Crippen MR) is 98.1 cm³/mol. The zero-order valence-corrected chi connectivity index (χ0v) is 14.0. The number of anilines is 1. The summed E-state index contributed by atoms with van der Waals surface area (Å²) in [6.45, 7) is 1.86. The number of aromatic nitrogens is 2. The van der Waals surface area contributed by atoms with Crippen molar-refractivity contribution in [3.63, 3.8) is 0 Å². The second-order valence-electron chi connectivity index (χ2n) is 5.38. The maximum atomic E-state index is 9.97. The van der Waals surface area contributed by atoms with Crippen LogP contribution in [0.4, 0.5) is 5.82 Å². The fraction of sp³-hybridized carbons (Fsp3) is 0.105. The minimum atomic E-state index is 0.140. The van der Waals surface area contributed by atoms with Gasteiger partial charge in [0.1, 0.15) is 11.5 Å². The van der Waals surface area contributed by atoms with Crippen LogP contribution < -0.4 is 10.2 Å². The standard InChI is InChI=1S/C19H18N4O2/c1-13-11-18(22-19(21-13)16-5-3-4-6-17(16)24)23-20-12-14-7-9-15(25-2)10-8-14/h3-12,24H,1-2H3,(H,21,22,23)/b20-12-. The number of hydrogen-bond acceptors (Lipinski definition) is 6. The maximum Gasteiger partial charge on any atom is 0.165 e. The number of phenolic OH excluding ortho intramolecular Hbond substituents is 1. The van der Waals surface area contributed by atoms with Crippen LogP contribution in [0.25, 0.3) is 11.4 Å². The Kier molecular flexibility index (Phi) is 4.89. The van der Waals surface area contributed by atoms with Gasteiger partial charge in [-0.05, 0) is 48.9 Å². The van der Waals surface area contributed by atoms with E-state index in [1.165, 1.54) is 0 Å². The molecule has 0 fully saturated rings. The van der Waals surface area contributed by atoms with Gasteiger partial charge in [-0.2, -0.15) is 5.10 Å². The smallest absolute Gasteiger partial charge is 0.165 e. The van der Waals surface area contributed by atoms with E-state index in [1.807, 2.05) is 37.3 Å². The molecule has 6 nitrogen and oxygen atoms in total. The Morgan fingerprint density at radius 3 is 2.56 bits per heavy atom. The van der Waals surface area contributed by atoms with Gasteiger partial charge in [0, 0.05) is 11.8 Å². The van der Waals surface area contributed by atoms with Crippen molar-refractivity contribution >= 4 is 12.0 Å². The average molecular weight is 334 g/mol. The van der Waals surface area contributed by atoms with Gasteiger partial charge in [0.25, 0.3) is 0 Å². The number of benzene rings is 2. The number of nitrogens with one attached hydrogen (secondary N) is 1. The van der Waals surface area contributed by atoms with Gasteiger partial charge in [-0.3, -0.25) is 5.43 Å². The monoisotopic (exact) mass is 334 g/mol. The van der Waals surface area contributed by atoms with Gasteiger partial charge < -0.3 is 9.84 Å². The number of nitrogens with zero attached hydrogens (tertiary/aromatic N) is 3. The van der Waals surface area contributed by atoms with Crippen LogP contribution in [0.2, 0.25) is 0 Å². The lowest BCUT2D eigenvalue weighted by molar-refractivity contribution is 0.415. The second kappa shape index (κ2) is 7.44. The molecule has 0 aliphatic heterocycles. The van der Waals surface area contributed by atoms with Crippen molar-refractivity contribution in [1.82, 2.24) is 9.97 Å². The van der Waals surface area contributed by atoms with Crippen molar-refractivity contribution in [2.75, 3.05) is 12.5 Å². The molecular weight excluding hydrogens is 316 g/mol. The molecule has 25 heavy (non-hydrogen) atoms. The molecule has 6 heteroatoms. The molecule has 0 bridgehead atoms. The Morgan fingerprint density at radius 2 is 1.84 bits per heavy atom. The normalized spacial score (nSPS) is 10.8. The van der Waals surface area contributed by atoms with Gasteiger partial charge in [-0.15, -0.1) is 0 Å². The van der Waals surface area contributed by atoms with Crippen LogP contribution in [0.15, 0.2) is 59.7 Å². The summed E-state index contributed by atoms with van der Waals surface area (Å²) in [6, 6.07) is 16.3. The highest BCUT2D eigenvalue weighted by atomic mass is 16.5. The summed E-state index contributed by atoms with van der Waals surface area (Å²) in [6.07, 6.45) is 1.69.